The molecule has 0 spiro atoms. The van der Waals surface area contributed by atoms with Crippen LogP contribution in [0, 0.1) is 0 Å². The number of hydrogen-bond acceptors (Lipinski definition) is 3. The monoisotopic (exact) mass is 326 g/mol. The molecule has 1 atom stereocenters. The van der Waals surface area contributed by atoms with E-state index in [1.54, 1.807) is 6.20 Å². The van der Waals surface area contributed by atoms with Gasteiger partial charge in [-0.05, 0) is 35.5 Å². The van der Waals surface area contributed by atoms with E-state index in [-0.39, 0.29) is 18.5 Å². The van der Waals surface area contributed by atoms with Crippen LogP contribution in [0.15, 0.2) is 16.7 Å². The lowest BCUT2D eigenvalue weighted by atomic mass is 10.3. The number of likely N-dealkylation sites (N-methyl/N-ethyl adjacent to an activating group) is 1. The molecule has 90 valence electrons. The molecule has 16 heavy (non-hydrogen) atoms. The maximum atomic E-state index is 5.80. The molecule has 0 radical (unpaired) electrons. The summed E-state index contributed by atoms with van der Waals surface area (Å²) in [5, 5.41) is 0.464. The van der Waals surface area contributed by atoms with E-state index < -0.39 is 0 Å². The first-order valence-electron chi connectivity index (χ1n) is 4.81. The molecule has 1 aromatic heterocycles. The summed E-state index contributed by atoms with van der Waals surface area (Å²) in [6, 6.07) is 1.85. The van der Waals surface area contributed by atoms with Crippen molar-refractivity contribution in [2.45, 2.75) is 12.5 Å². The van der Waals surface area contributed by atoms with E-state index in [0.717, 1.165) is 29.7 Å². The molecule has 6 heteroatoms. The van der Waals surface area contributed by atoms with Crippen molar-refractivity contribution < 1.29 is 4.74 Å². The van der Waals surface area contributed by atoms with Crippen LogP contribution in [0.25, 0.3) is 0 Å². The van der Waals surface area contributed by atoms with E-state index in [2.05, 4.69) is 32.9 Å². The minimum absolute atomic E-state index is 0. The van der Waals surface area contributed by atoms with E-state index in [1.165, 1.54) is 0 Å². The minimum Gasteiger partial charge on any atom is -0.487 e. The molecule has 0 unspecified atom stereocenters. The van der Waals surface area contributed by atoms with Gasteiger partial charge >= 0.3 is 0 Å². The summed E-state index contributed by atoms with van der Waals surface area (Å²) in [6.45, 7) is 2.06. The van der Waals surface area contributed by atoms with Crippen LogP contribution >= 0.6 is 39.9 Å². The van der Waals surface area contributed by atoms with Gasteiger partial charge in [-0.1, -0.05) is 11.6 Å². The van der Waals surface area contributed by atoms with Gasteiger partial charge in [-0.15, -0.1) is 12.4 Å². The van der Waals surface area contributed by atoms with E-state index in [1.807, 2.05) is 6.07 Å². The van der Waals surface area contributed by atoms with E-state index in [9.17, 15) is 0 Å². The first-order chi connectivity index (χ1) is 7.15. The smallest absolute Gasteiger partial charge is 0.143 e. The molecule has 0 amide bonds. The number of pyridine rings is 1. The van der Waals surface area contributed by atoms with E-state index in [4.69, 9.17) is 16.3 Å². The Hall–Kier alpha value is -0.0300. The third-order valence-corrected chi connectivity index (χ3v) is 3.56. The van der Waals surface area contributed by atoms with Crippen molar-refractivity contribution in [3.63, 3.8) is 0 Å². The van der Waals surface area contributed by atoms with Crippen molar-refractivity contribution in [1.29, 1.82) is 0 Å². The Labute approximate surface area is 115 Å². The molecule has 0 aromatic carbocycles. The van der Waals surface area contributed by atoms with Crippen LogP contribution in [0.5, 0.6) is 5.75 Å². The number of aromatic nitrogens is 1. The lowest BCUT2D eigenvalue weighted by Crippen LogP contribution is -2.21. The maximum Gasteiger partial charge on any atom is 0.143 e. The Balaban J connectivity index is 0.00000128. The fraction of sp³-hybridized carbons (Fsp3) is 0.500. The maximum absolute atomic E-state index is 5.80. The molecule has 3 nitrogen and oxygen atoms in total. The number of hydrogen-bond donors (Lipinski definition) is 0. The highest BCUT2D eigenvalue weighted by atomic mass is 79.9. The van der Waals surface area contributed by atoms with Crippen molar-refractivity contribution in [3.05, 3.63) is 21.9 Å². The average molecular weight is 328 g/mol. The number of likely N-dealkylation sites (tertiary alicyclic amines) is 1. The SMILES string of the molecule is CN1CC[C@H](Oc2cnc(Cl)c(Br)c2)C1.Cl. The van der Waals surface area contributed by atoms with Crippen LogP contribution in [-0.4, -0.2) is 36.1 Å². The molecular weight excluding hydrogens is 315 g/mol. The summed E-state index contributed by atoms with van der Waals surface area (Å²) in [4.78, 5) is 6.27. The molecule has 0 N–H and O–H groups in total. The summed E-state index contributed by atoms with van der Waals surface area (Å²) in [6.07, 6.45) is 2.99. The Morgan fingerprint density at radius 1 is 1.62 bits per heavy atom. The number of rotatable bonds is 2. The second kappa shape index (κ2) is 6.05. The zero-order valence-electron chi connectivity index (χ0n) is 8.82. The molecule has 0 aliphatic carbocycles. The number of nitrogens with zero attached hydrogens (tertiary/aromatic N) is 2. The second-order valence-electron chi connectivity index (χ2n) is 3.73. The predicted octanol–water partition coefficient (Wildman–Crippen LogP) is 3.00. The number of halogens is 3. The Kier molecular flexibility index (Phi) is 5.31. The van der Waals surface area contributed by atoms with Gasteiger partial charge < -0.3 is 9.64 Å². The predicted molar refractivity (Wildman–Crippen MR) is 70.7 cm³/mol. The lowest BCUT2D eigenvalue weighted by Gasteiger charge is -2.13. The quantitative estimate of drug-likeness (QED) is 0.781. The summed E-state index contributed by atoms with van der Waals surface area (Å²) >= 11 is 9.12. The lowest BCUT2D eigenvalue weighted by molar-refractivity contribution is 0.207. The van der Waals surface area contributed by atoms with Crippen molar-refractivity contribution >= 4 is 39.9 Å². The standard InChI is InChI=1S/C10H12BrClN2O.ClH/c1-14-3-2-7(6-14)15-8-4-9(11)10(12)13-5-8;/h4-5,7H,2-3,6H2,1H3;1H/t7-;/m0./s1. The highest BCUT2D eigenvalue weighted by molar-refractivity contribution is 9.10. The molecule has 1 fully saturated rings. The largest absolute Gasteiger partial charge is 0.487 e. The van der Waals surface area contributed by atoms with Gasteiger partial charge in [-0.3, -0.25) is 0 Å². The summed E-state index contributed by atoms with van der Waals surface area (Å²) in [5.41, 5.74) is 0. The Morgan fingerprint density at radius 3 is 2.94 bits per heavy atom. The van der Waals surface area contributed by atoms with Crippen LogP contribution in [0.3, 0.4) is 0 Å². The van der Waals surface area contributed by atoms with Gasteiger partial charge in [-0.25, -0.2) is 4.98 Å². The topological polar surface area (TPSA) is 25.4 Å². The molecule has 1 saturated heterocycles. The molecular formula is C10H13BrCl2N2O. The van der Waals surface area contributed by atoms with Crippen LogP contribution in [0.2, 0.25) is 5.15 Å². The Bertz CT molecular complexity index is 365. The molecule has 2 heterocycles. The van der Waals surface area contributed by atoms with Crippen molar-refractivity contribution in [1.82, 2.24) is 9.88 Å². The van der Waals surface area contributed by atoms with E-state index in [0.29, 0.717) is 5.15 Å². The molecule has 2 rings (SSSR count). The van der Waals surface area contributed by atoms with Gasteiger partial charge in [0.15, 0.2) is 0 Å². The first kappa shape index (κ1) is 14.0. The second-order valence-corrected chi connectivity index (χ2v) is 4.95. The highest BCUT2D eigenvalue weighted by Crippen LogP contribution is 2.25. The average Bonchev–Trinajstić information content (AvgIpc) is 2.58. The summed E-state index contributed by atoms with van der Waals surface area (Å²) < 4.78 is 6.56. The van der Waals surface area contributed by atoms with Crippen LogP contribution < -0.4 is 4.74 Å². The van der Waals surface area contributed by atoms with Gasteiger partial charge in [0.25, 0.3) is 0 Å². The third kappa shape index (κ3) is 3.48. The van der Waals surface area contributed by atoms with Crippen molar-refractivity contribution in [2.75, 3.05) is 20.1 Å². The minimum atomic E-state index is 0. The molecule has 1 aliphatic heterocycles. The molecule has 0 bridgehead atoms. The summed E-state index contributed by atoms with van der Waals surface area (Å²) in [5.74, 6) is 0.770. The summed E-state index contributed by atoms with van der Waals surface area (Å²) in [7, 11) is 2.10. The number of ether oxygens (including phenoxy) is 1. The van der Waals surface area contributed by atoms with E-state index >= 15 is 0 Å². The molecule has 0 saturated carbocycles. The zero-order valence-corrected chi connectivity index (χ0v) is 12.0. The fourth-order valence-electron chi connectivity index (χ4n) is 1.65. The fourth-order valence-corrected chi connectivity index (χ4v) is 2.08. The first-order valence-corrected chi connectivity index (χ1v) is 5.98. The van der Waals surface area contributed by atoms with Gasteiger partial charge in [0.2, 0.25) is 0 Å². The van der Waals surface area contributed by atoms with Crippen molar-refractivity contribution in [2.24, 2.45) is 0 Å². The van der Waals surface area contributed by atoms with Crippen LogP contribution in [0.4, 0.5) is 0 Å². The molecule has 1 aromatic rings. The third-order valence-electron chi connectivity index (χ3n) is 2.42. The highest BCUT2D eigenvalue weighted by Gasteiger charge is 2.21. The van der Waals surface area contributed by atoms with Gasteiger partial charge in [0, 0.05) is 13.1 Å². The zero-order chi connectivity index (χ0) is 10.8. The van der Waals surface area contributed by atoms with Gasteiger partial charge in [-0.2, -0.15) is 0 Å². The van der Waals surface area contributed by atoms with Crippen LogP contribution in [0.1, 0.15) is 6.42 Å². The van der Waals surface area contributed by atoms with Crippen LogP contribution in [-0.2, 0) is 0 Å². The van der Waals surface area contributed by atoms with Gasteiger partial charge in [0.05, 0.1) is 10.7 Å². The normalized spacial score (nSPS) is 20.6. The van der Waals surface area contributed by atoms with Crippen molar-refractivity contribution in [3.8, 4) is 5.75 Å². The Morgan fingerprint density at radius 2 is 2.38 bits per heavy atom. The molecule has 1 aliphatic rings. The van der Waals surface area contributed by atoms with Gasteiger partial charge in [0.1, 0.15) is 17.0 Å².